The van der Waals surface area contributed by atoms with Gasteiger partial charge in [0.2, 0.25) is 0 Å². The summed E-state index contributed by atoms with van der Waals surface area (Å²) in [4.78, 5) is 23.0. The Kier molecular flexibility index (Phi) is 5.64. The number of likely N-dealkylation sites (tertiary alicyclic amines) is 1. The molecule has 7 nitrogen and oxygen atoms in total. The molecule has 0 atom stereocenters. The Hall–Kier alpha value is -3.58. The van der Waals surface area contributed by atoms with E-state index < -0.39 is 0 Å². The van der Waals surface area contributed by atoms with Gasteiger partial charge in [-0.1, -0.05) is 12.5 Å². The van der Waals surface area contributed by atoms with Crippen LogP contribution in [0.2, 0.25) is 0 Å². The monoisotopic (exact) mass is 426 g/mol. The van der Waals surface area contributed by atoms with Gasteiger partial charge >= 0.3 is 0 Å². The summed E-state index contributed by atoms with van der Waals surface area (Å²) in [6, 6.07) is 12.1. The lowest BCUT2D eigenvalue weighted by Crippen LogP contribution is -2.29. The van der Waals surface area contributed by atoms with Crippen molar-refractivity contribution in [2.24, 2.45) is 0 Å². The van der Waals surface area contributed by atoms with E-state index in [1.54, 1.807) is 19.3 Å². The van der Waals surface area contributed by atoms with Gasteiger partial charge in [-0.05, 0) is 67.4 Å². The highest BCUT2D eigenvalue weighted by atomic mass is 16.1. The maximum Gasteiger partial charge on any atom is 0.269 e. The fourth-order valence-electron chi connectivity index (χ4n) is 4.30. The minimum atomic E-state index is -0.206. The molecule has 0 saturated carbocycles. The number of piperidine rings is 1. The smallest absolute Gasteiger partial charge is 0.269 e. The van der Waals surface area contributed by atoms with Crippen LogP contribution in [0.3, 0.4) is 0 Å². The molecule has 0 bridgehead atoms. The van der Waals surface area contributed by atoms with Crippen LogP contribution in [0.25, 0.3) is 27.7 Å². The molecule has 0 spiro atoms. The molecule has 0 aliphatic carbocycles. The topological polar surface area (TPSA) is 75.9 Å². The van der Waals surface area contributed by atoms with Crippen molar-refractivity contribution in [1.29, 1.82) is 0 Å². The number of carbonyl (C=O) groups excluding carboxylic acids is 1. The molecule has 7 heteroatoms. The first-order chi connectivity index (χ1) is 15.7. The number of pyridine rings is 2. The molecule has 1 aromatic carbocycles. The van der Waals surface area contributed by atoms with Crippen molar-refractivity contribution < 1.29 is 4.79 Å². The fourth-order valence-corrected chi connectivity index (χ4v) is 4.30. The van der Waals surface area contributed by atoms with E-state index in [1.807, 2.05) is 29.3 Å². The fraction of sp³-hybridized carbons (Fsp3) is 0.280. The maximum absolute atomic E-state index is 11.7. The van der Waals surface area contributed by atoms with Gasteiger partial charge in [-0.25, -0.2) is 9.67 Å². The second kappa shape index (κ2) is 8.88. The van der Waals surface area contributed by atoms with E-state index >= 15 is 0 Å². The molecule has 162 valence electrons. The SMILES string of the molecule is CNC(=O)c1ccc(-n2ncc3cc(-c4cncc(CN5CCCCC5)c4)ccc32)cn1. The van der Waals surface area contributed by atoms with Gasteiger partial charge in [0.25, 0.3) is 5.91 Å². The first-order valence-corrected chi connectivity index (χ1v) is 11.0. The van der Waals surface area contributed by atoms with Crippen molar-refractivity contribution >= 4 is 16.8 Å². The molecule has 1 aliphatic rings. The summed E-state index contributed by atoms with van der Waals surface area (Å²) in [6.07, 6.45) is 11.3. The summed E-state index contributed by atoms with van der Waals surface area (Å²) in [6.45, 7) is 3.31. The lowest BCUT2D eigenvalue weighted by Gasteiger charge is -2.26. The van der Waals surface area contributed by atoms with Gasteiger partial charge in [0, 0.05) is 36.9 Å². The number of rotatable bonds is 5. The summed E-state index contributed by atoms with van der Waals surface area (Å²) in [5.74, 6) is -0.206. The van der Waals surface area contributed by atoms with Crippen molar-refractivity contribution in [1.82, 2.24) is 30.0 Å². The third kappa shape index (κ3) is 4.11. The van der Waals surface area contributed by atoms with Gasteiger partial charge in [0.05, 0.1) is 23.6 Å². The van der Waals surface area contributed by atoms with E-state index in [2.05, 4.69) is 49.5 Å². The molecular formula is C25H26N6O. The standard InChI is InChI=1S/C25H26N6O/c1-26-25(32)23-7-6-22(16-28-23)31-24-8-5-19(12-21(24)15-29-31)20-11-18(13-27-14-20)17-30-9-3-2-4-10-30/h5-8,11-16H,2-4,9-10,17H2,1H3,(H,26,32). The third-order valence-electron chi connectivity index (χ3n) is 6.00. The zero-order valence-electron chi connectivity index (χ0n) is 18.2. The lowest BCUT2D eigenvalue weighted by molar-refractivity contribution is 0.0958. The molecule has 5 rings (SSSR count). The number of hydrogen-bond acceptors (Lipinski definition) is 5. The van der Waals surface area contributed by atoms with E-state index in [1.165, 1.54) is 37.9 Å². The van der Waals surface area contributed by atoms with E-state index in [4.69, 9.17) is 0 Å². The largest absolute Gasteiger partial charge is 0.354 e. The first-order valence-electron chi connectivity index (χ1n) is 11.0. The Morgan fingerprint density at radius 1 is 0.969 bits per heavy atom. The van der Waals surface area contributed by atoms with Gasteiger partial charge in [0.15, 0.2) is 0 Å². The van der Waals surface area contributed by atoms with Crippen LogP contribution in [-0.4, -0.2) is 50.7 Å². The van der Waals surface area contributed by atoms with Gasteiger partial charge in [-0.2, -0.15) is 5.10 Å². The molecule has 0 radical (unpaired) electrons. The van der Waals surface area contributed by atoms with E-state index in [0.717, 1.165) is 34.3 Å². The van der Waals surface area contributed by atoms with Crippen LogP contribution in [0.4, 0.5) is 0 Å². The molecule has 1 amide bonds. The molecule has 1 saturated heterocycles. The van der Waals surface area contributed by atoms with Crippen LogP contribution < -0.4 is 5.32 Å². The van der Waals surface area contributed by atoms with Crippen LogP contribution in [0.15, 0.2) is 61.2 Å². The highest BCUT2D eigenvalue weighted by Crippen LogP contribution is 2.26. The van der Waals surface area contributed by atoms with E-state index in [0.29, 0.717) is 5.69 Å². The summed E-state index contributed by atoms with van der Waals surface area (Å²) < 4.78 is 1.84. The van der Waals surface area contributed by atoms with Crippen LogP contribution in [0.5, 0.6) is 0 Å². The number of nitrogens with zero attached hydrogens (tertiary/aromatic N) is 5. The second-order valence-corrected chi connectivity index (χ2v) is 8.23. The average molecular weight is 427 g/mol. The first kappa shape index (κ1) is 20.3. The molecule has 1 N–H and O–H groups in total. The Morgan fingerprint density at radius 3 is 2.62 bits per heavy atom. The second-order valence-electron chi connectivity index (χ2n) is 8.23. The van der Waals surface area contributed by atoms with Crippen LogP contribution >= 0.6 is 0 Å². The minimum Gasteiger partial charge on any atom is -0.354 e. The van der Waals surface area contributed by atoms with Crippen LogP contribution in [0, 0.1) is 0 Å². The van der Waals surface area contributed by atoms with Gasteiger partial charge in [0.1, 0.15) is 5.69 Å². The highest BCUT2D eigenvalue weighted by molar-refractivity contribution is 5.92. The molecule has 32 heavy (non-hydrogen) atoms. The molecule has 4 heterocycles. The zero-order chi connectivity index (χ0) is 21.9. The van der Waals surface area contributed by atoms with Crippen molar-refractivity contribution in [3.8, 4) is 16.8 Å². The number of fused-ring (bicyclic) bond motifs is 1. The number of carbonyl (C=O) groups is 1. The zero-order valence-corrected chi connectivity index (χ0v) is 18.2. The number of amides is 1. The Labute approximate surface area is 187 Å². The van der Waals surface area contributed by atoms with Gasteiger partial charge in [-0.3, -0.25) is 14.7 Å². The average Bonchev–Trinajstić information content (AvgIpc) is 3.28. The highest BCUT2D eigenvalue weighted by Gasteiger charge is 2.12. The lowest BCUT2D eigenvalue weighted by atomic mass is 10.0. The summed E-state index contributed by atoms with van der Waals surface area (Å²) in [7, 11) is 1.59. The minimum absolute atomic E-state index is 0.206. The normalized spacial score (nSPS) is 14.5. The Balaban J connectivity index is 1.40. The number of benzene rings is 1. The third-order valence-corrected chi connectivity index (χ3v) is 6.00. The summed E-state index contributed by atoms with van der Waals surface area (Å²) in [5.41, 5.74) is 5.67. The van der Waals surface area contributed by atoms with Gasteiger partial charge < -0.3 is 5.32 Å². The molecule has 0 unspecified atom stereocenters. The van der Waals surface area contributed by atoms with Crippen LogP contribution in [0.1, 0.15) is 35.3 Å². The van der Waals surface area contributed by atoms with Crippen molar-refractivity contribution in [2.75, 3.05) is 20.1 Å². The maximum atomic E-state index is 11.7. The van der Waals surface area contributed by atoms with Crippen LogP contribution in [-0.2, 0) is 6.54 Å². The Morgan fingerprint density at radius 2 is 1.84 bits per heavy atom. The number of aromatic nitrogens is 4. The molecule has 3 aromatic heterocycles. The molecule has 1 fully saturated rings. The summed E-state index contributed by atoms with van der Waals surface area (Å²) >= 11 is 0. The number of hydrogen-bond donors (Lipinski definition) is 1. The predicted octanol–water partition coefficient (Wildman–Crippen LogP) is 3.83. The number of nitrogens with one attached hydrogen (secondary N) is 1. The van der Waals surface area contributed by atoms with Crippen molar-refractivity contribution in [3.63, 3.8) is 0 Å². The predicted molar refractivity (Wildman–Crippen MR) is 125 cm³/mol. The summed E-state index contributed by atoms with van der Waals surface area (Å²) in [5, 5.41) is 8.17. The van der Waals surface area contributed by atoms with Gasteiger partial charge in [-0.15, -0.1) is 0 Å². The Bertz CT molecular complexity index is 1240. The molecular weight excluding hydrogens is 400 g/mol. The quantitative estimate of drug-likeness (QED) is 0.525. The van der Waals surface area contributed by atoms with E-state index in [-0.39, 0.29) is 5.91 Å². The molecule has 4 aromatic rings. The van der Waals surface area contributed by atoms with Crippen molar-refractivity contribution in [3.05, 3.63) is 72.4 Å². The van der Waals surface area contributed by atoms with Crippen molar-refractivity contribution in [2.45, 2.75) is 25.8 Å². The molecule has 1 aliphatic heterocycles. The van der Waals surface area contributed by atoms with E-state index in [9.17, 15) is 4.79 Å².